The van der Waals surface area contributed by atoms with Gasteiger partial charge in [-0.25, -0.2) is 0 Å². The molecule has 2 atom stereocenters. The monoisotopic (exact) mass is 302 g/mol. The van der Waals surface area contributed by atoms with E-state index in [-0.39, 0.29) is 6.04 Å². The van der Waals surface area contributed by atoms with Crippen LogP contribution in [0.3, 0.4) is 0 Å². The Bertz CT molecular complexity index is 617. The summed E-state index contributed by atoms with van der Waals surface area (Å²) in [6.45, 7) is 0.732. The lowest BCUT2D eigenvalue weighted by Crippen LogP contribution is -2.42. The van der Waals surface area contributed by atoms with Crippen molar-refractivity contribution in [2.24, 2.45) is 5.84 Å². The smallest absolute Gasteiger partial charge is 0.122 e. The van der Waals surface area contributed by atoms with Gasteiger partial charge in [-0.3, -0.25) is 11.3 Å². The number of hydrogen-bond acceptors (Lipinski definition) is 3. The molecule has 0 saturated carbocycles. The predicted octanol–water partition coefficient (Wildman–Crippen LogP) is 3.28. The topological polar surface area (TPSA) is 47.3 Å². The average Bonchev–Trinajstić information content (AvgIpc) is 2.52. The van der Waals surface area contributed by atoms with Gasteiger partial charge in [0.15, 0.2) is 0 Å². The number of benzene rings is 2. The molecule has 2 unspecified atom stereocenters. The molecule has 0 aliphatic carbocycles. The Morgan fingerprint density at radius 1 is 1.24 bits per heavy atom. The molecule has 0 fully saturated rings. The van der Waals surface area contributed by atoms with Crippen molar-refractivity contribution in [1.29, 1.82) is 0 Å². The minimum absolute atomic E-state index is 0.161. The fourth-order valence-corrected chi connectivity index (χ4v) is 3.24. The van der Waals surface area contributed by atoms with Crippen molar-refractivity contribution >= 4 is 11.6 Å². The van der Waals surface area contributed by atoms with E-state index in [2.05, 4.69) is 17.6 Å². The fraction of sp³-hybridized carbons (Fsp3) is 0.294. The molecule has 1 aliphatic heterocycles. The summed E-state index contributed by atoms with van der Waals surface area (Å²) in [5.41, 5.74) is 5.40. The molecule has 21 heavy (non-hydrogen) atoms. The van der Waals surface area contributed by atoms with Gasteiger partial charge in [0.2, 0.25) is 0 Å². The number of para-hydroxylation sites is 1. The van der Waals surface area contributed by atoms with E-state index in [1.807, 2.05) is 36.4 Å². The molecule has 4 heteroatoms. The molecule has 0 amide bonds. The largest absolute Gasteiger partial charge is 0.493 e. The van der Waals surface area contributed by atoms with Gasteiger partial charge in [-0.2, -0.15) is 0 Å². The quantitative estimate of drug-likeness (QED) is 0.673. The van der Waals surface area contributed by atoms with E-state index in [1.165, 1.54) is 11.1 Å². The van der Waals surface area contributed by atoms with Crippen LogP contribution in [0.25, 0.3) is 0 Å². The van der Waals surface area contributed by atoms with Gasteiger partial charge in [0.05, 0.1) is 6.61 Å². The molecule has 1 aliphatic rings. The Morgan fingerprint density at radius 3 is 2.90 bits per heavy atom. The van der Waals surface area contributed by atoms with E-state index >= 15 is 0 Å². The van der Waals surface area contributed by atoms with Crippen LogP contribution in [0.4, 0.5) is 0 Å². The summed E-state index contributed by atoms with van der Waals surface area (Å²) in [7, 11) is 0. The zero-order valence-corrected chi connectivity index (χ0v) is 12.5. The van der Waals surface area contributed by atoms with Crippen LogP contribution in [0.2, 0.25) is 5.02 Å². The van der Waals surface area contributed by atoms with Gasteiger partial charge < -0.3 is 4.74 Å². The number of nitrogens with two attached hydrogens (primary N) is 1. The van der Waals surface area contributed by atoms with Crippen LogP contribution < -0.4 is 16.0 Å². The first-order valence-corrected chi connectivity index (χ1v) is 7.58. The second-order valence-corrected chi connectivity index (χ2v) is 5.83. The lowest BCUT2D eigenvalue weighted by Gasteiger charge is -2.32. The van der Waals surface area contributed by atoms with Crippen molar-refractivity contribution in [3.8, 4) is 5.75 Å². The maximum absolute atomic E-state index is 6.07. The van der Waals surface area contributed by atoms with Crippen LogP contribution >= 0.6 is 11.6 Å². The van der Waals surface area contributed by atoms with E-state index in [4.69, 9.17) is 22.2 Å². The molecular weight excluding hydrogens is 284 g/mol. The first-order chi connectivity index (χ1) is 10.3. The number of hydrogen-bond donors (Lipinski definition) is 2. The minimum Gasteiger partial charge on any atom is -0.493 e. The summed E-state index contributed by atoms with van der Waals surface area (Å²) in [6.07, 6.45) is 1.81. The number of halogens is 1. The van der Waals surface area contributed by atoms with Crippen molar-refractivity contribution in [3.05, 3.63) is 64.7 Å². The highest BCUT2D eigenvalue weighted by atomic mass is 35.5. The highest BCUT2D eigenvalue weighted by Crippen LogP contribution is 2.36. The summed E-state index contributed by atoms with van der Waals surface area (Å²) in [5, 5.41) is 0.760. The van der Waals surface area contributed by atoms with Crippen LogP contribution in [0.1, 0.15) is 23.5 Å². The Kier molecular flexibility index (Phi) is 4.44. The van der Waals surface area contributed by atoms with Crippen LogP contribution in [-0.2, 0) is 6.42 Å². The highest BCUT2D eigenvalue weighted by Gasteiger charge is 2.28. The summed E-state index contributed by atoms with van der Waals surface area (Å²) in [6, 6.07) is 16.3. The van der Waals surface area contributed by atoms with Gasteiger partial charge in [0.25, 0.3) is 0 Å². The molecule has 3 nitrogen and oxygen atoms in total. The van der Waals surface area contributed by atoms with Crippen molar-refractivity contribution in [1.82, 2.24) is 5.43 Å². The molecular formula is C17H19ClN2O. The van der Waals surface area contributed by atoms with Gasteiger partial charge >= 0.3 is 0 Å². The number of ether oxygens (including phenoxy) is 1. The number of nitrogens with one attached hydrogen (secondary N) is 1. The molecule has 0 saturated heterocycles. The number of fused-ring (bicyclic) bond motifs is 1. The summed E-state index contributed by atoms with van der Waals surface area (Å²) < 4.78 is 5.73. The molecule has 3 rings (SSSR count). The van der Waals surface area contributed by atoms with Crippen LogP contribution in [0.15, 0.2) is 48.5 Å². The molecule has 110 valence electrons. The second-order valence-electron chi connectivity index (χ2n) is 5.39. The molecule has 0 radical (unpaired) electrons. The zero-order valence-electron chi connectivity index (χ0n) is 11.8. The van der Waals surface area contributed by atoms with Gasteiger partial charge in [-0.1, -0.05) is 41.9 Å². The van der Waals surface area contributed by atoms with E-state index in [0.29, 0.717) is 5.92 Å². The Morgan fingerprint density at radius 2 is 2.10 bits per heavy atom. The number of rotatable bonds is 4. The zero-order chi connectivity index (χ0) is 14.7. The van der Waals surface area contributed by atoms with E-state index in [0.717, 1.165) is 30.2 Å². The molecule has 3 N–H and O–H groups in total. The highest BCUT2D eigenvalue weighted by molar-refractivity contribution is 6.30. The first-order valence-electron chi connectivity index (χ1n) is 7.20. The lowest BCUT2D eigenvalue weighted by molar-refractivity contribution is 0.245. The molecule has 0 aromatic heterocycles. The Balaban J connectivity index is 1.84. The van der Waals surface area contributed by atoms with Gasteiger partial charge in [0, 0.05) is 17.0 Å². The fourth-order valence-electron chi connectivity index (χ4n) is 3.02. The number of hydrazine groups is 1. The second kappa shape index (κ2) is 6.48. The average molecular weight is 303 g/mol. The SMILES string of the molecule is NNC(Cc1cccc(Cl)c1)C1CCOc2ccccc21. The van der Waals surface area contributed by atoms with Crippen molar-refractivity contribution < 1.29 is 4.74 Å². The minimum atomic E-state index is 0.161. The van der Waals surface area contributed by atoms with Crippen molar-refractivity contribution in [3.63, 3.8) is 0 Å². The molecule has 0 spiro atoms. The van der Waals surface area contributed by atoms with Crippen molar-refractivity contribution in [2.45, 2.75) is 24.8 Å². The van der Waals surface area contributed by atoms with Crippen molar-refractivity contribution in [2.75, 3.05) is 6.61 Å². The van der Waals surface area contributed by atoms with E-state index in [1.54, 1.807) is 0 Å². The third-order valence-corrected chi connectivity index (χ3v) is 4.28. The van der Waals surface area contributed by atoms with Crippen LogP contribution in [-0.4, -0.2) is 12.6 Å². The first kappa shape index (κ1) is 14.4. The molecule has 2 aromatic carbocycles. The van der Waals surface area contributed by atoms with Gasteiger partial charge in [-0.05, 0) is 42.2 Å². The normalized spacial score (nSPS) is 18.7. The Labute approximate surface area is 130 Å². The van der Waals surface area contributed by atoms with Crippen LogP contribution in [0, 0.1) is 0 Å². The summed E-state index contributed by atoms with van der Waals surface area (Å²) in [4.78, 5) is 0. The third kappa shape index (κ3) is 3.21. The maximum Gasteiger partial charge on any atom is 0.122 e. The lowest BCUT2D eigenvalue weighted by atomic mass is 9.84. The molecule has 0 bridgehead atoms. The van der Waals surface area contributed by atoms with Crippen LogP contribution in [0.5, 0.6) is 5.75 Å². The van der Waals surface area contributed by atoms with Gasteiger partial charge in [-0.15, -0.1) is 0 Å². The third-order valence-electron chi connectivity index (χ3n) is 4.05. The summed E-state index contributed by atoms with van der Waals surface area (Å²) in [5.74, 6) is 7.14. The Hall–Kier alpha value is -1.55. The molecule has 1 heterocycles. The standard InChI is InChI=1S/C17H19ClN2O/c18-13-5-3-4-12(10-13)11-16(20-19)14-8-9-21-17-7-2-1-6-15(14)17/h1-7,10,14,16,20H,8-9,11,19H2. The molecule has 2 aromatic rings. The van der Waals surface area contributed by atoms with Gasteiger partial charge in [0.1, 0.15) is 5.75 Å². The van der Waals surface area contributed by atoms with E-state index < -0.39 is 0 Å². The summed E-state index contributed by atoms with van der Waals surface area (Å²) >= 11 is 6.07. The maximum atomic E-state index is 6.07. The van der Waals surface area contributed by atoms with E-state index in [9.17, 15) is 0 Å². The predicted molar refractivity (Wildman–Crippen MR) is 85.6 cm³/mol.